The third-order valence-corrected chi connectivity index (χ3v) is 12.8. The van der Waals surface area contributed by atoms with Gasteiger partial charge in [-0.15, -0.1) is 0 Å². The number of ether oxygens (including phenoxy) is 5. The minimum absolute atomic E-state index is 0.0540. The van der Waals surface area contributed by atoms with Crippen molar-refractivity contribution >= 4 is 79.8 Å². The van der Waals surface area contributed by atoms with Crippen LogP contribution in [0.2, 0.25) is 0 Å². The van der Waals surface area contributed by atoms with Crippen molar-refractivity contribution in [3.05, 3.63) is 82.8 Å². The smallest absolute Gasteiger partial charge is 0.409 e. The Hall–Kier alpha value is -8.23. The van der Waals surface area contributed by atoms with Gasteiger partial charge in [0, 0.05) is 98.2 Å². The van der Waals surface area contributed by atoms with Crippen LogP contribution in [0, 0.1) is 11.8 Å². The van der Waals surface area contributed by atoms with Gasteiger partial charge in [0.15, 0.2) is 28.8 Å². The molecular formula is C52H60N8O13. The Kier molecular flexibility index (Phi) is 17.1. The molecule has 7 amide bonds. The molecule has 7 rings (SSSR count). The molecule has 0 unspecified atom stereocenters. The highest BCUT2D eigenvalue weighted by Crippen LogP contribution is 2.40. The van der Waals surface area contributed by atoms with E-state index in [0.29, 0.717) is 92.5 Å². The minimum Gasteiger partial charge on any atom is -0.493 e. The van der Waals surface area contributed by atoms with Crippen molar-refractivity contribution in [1.29, 1.82) is 0 Å². The van der Waals surface area contributed by atoms with E-state index < -0.39 is 30.0 Å². The number of likely N-dealkylation sites (N-methyl/N-ethyl adjacent to an activating group) is 1. The van der Waals surface area contributed by atoms with Gasteiger partial charge in [0.25, 0.3) is 17.4 Å². The van der Waals surface area contributed by atoms with Crippen molar-refractivity contribution in [2.45, 2.75) is 78.0 Å². The third-order valence-electron chi connectivity index (χ3n) is 12.8. The number of hydrogen-bond acceptors (Lipinski definition) is 14. The number of unbranched alkanes of at least 4 members (excludes halogenated alkanes) is 2. The molecule has 2 aliphatic heterocycles. The Morgan fingerprint density at radius 2 is 1.52 bits per heavy atom. The average molecular weight is 1010 g/mol. The molecule has 73 heavy (non-hydrogen) atoms. The Morgan fingerprint density at radius 1 is 0.836 bits per heavy atom. The zero-order valence-corrected chi connectivity index (χ0v) is 41.4. The predicted octanol–water partition coefficient (Wildman–Crippen LogP) is 5.31. The summed E-state index contributed by atoms with van der Waals surface area (Å²) in [4.78, 5) is 110. The van der Waals surface area contributed by atoms with E-state index in [9.17, 15) is 38.4 Å². The first-order valence-electron chi connectivity index (χ1n) is 24.0. The number of pyridine rings is 2. The van der Waals surface area contributed by atoms with Gasteiger partial charge in [0.1, 0.15) is 6.61 Å². The Bertz CT molecular complexity index is 3010. The fourth-order valence-corrected chi connectivity index (χ4v) is 8.82. The highest BCUT2D eigenvalue weighted by Gasteiger charge is 2.30. The maximum atomic E-state index is 14.4. The number of ketones is 1. The number of rotatable bonds is 24. The molecule has 0 fully saturated rings. The van der Waals surface area contributed by atoms with E-state index in [0.717, 1.165) is 4.90 Å². The fraction of sp³-hybridized carbons (Fsp3) is 0.404. The van der Waals surface area contributed by atoms with Crippen LogP contribution in [0.4, 0.5) is 15.3 Å². The number of hydrogen-bond donors (Lipinski definition) is 4. The maximum Gasteiger partial charge on any atom is 0.409 e. The topological polar surface area (TPSA) is 269 Å². The van der Waals surface area contributed by atoms with Gasteiger partial charge in [-0.25, -0.2) is 9.59 Å². The molecule has 2 aromatic heterocycles. The van der Waals surface area contributed by atoms with Crippen molar-refractivity contribution in [3.63, 3.8) is 0 Å². The lowest BCUT2D eigenvalue weighted by Gasteiger charge is -2.24. The van der Waals surface area contributed by atoms with Crippen LogP contribution in [0.5, 0.6) is 23.0 Å². The molecule has 4 heterocycles. The summed E-state index contributed by atoms with van der Waals surface area (Å²) in [6.07, 6.45) is 5.63. The second-order valence-corrected chi connectivity index (χ2v) is 18.2. The van der Waals surface area contributed by atoms with Gasteiger partial charge in [-0.05, 0) is 67.5 Å². The lowest BCUT2D eigenvalue weighted by atomic mass is 9.89. The molecular weight excluding hydrogens is 945 g/mol. The van der Waals surface area contributed by atoms with Crippen molar-refractivity contribution in [2.24, 2.45) is 17.6 Å². The van der Waals surface area contributed by atoms with Crippen molar-refractivity contribution in [2.75, 3.05) is 53.0 Å². The first-order valence-corrected chi connectivity index (χ1v) is 24.0. The number of aromatic nitrogens is 2. The highest BCUT2D eigenvalue weighted by molar-refractivity contribution is 6.15. The summed E-state index contributed by atoms with van der Waals surface area (Å²) in [7, 11) is 4.57. The molecule has 0 bridgehead atoms. The number of nitrogens with zero attached hydrogens (tertiary/aromatic N) is 4. The summed E-state index contributed by atoms with van der Waals surface area (Å²) in [5, 5.41) is 10.5. The summed E-state index contributed by atoms with van der Waals surface area (Å²) in [6.45, 7) is 4.16. The molecule has 0 saturated carbocycles. The van der Waals surface area contributed by atoms with Gasteiger partial charge in [0.05, 0.1) is 36.7 Å². The number of benzene rings is 3. The van der Waals surface area contributed by atoms with E-state index in [1.54, 1.807) is 80.2 Å². The Labute approximate surface area is 420 Å². The van der Waals surface area contributed by atoms with E-state index in [1.807, 2.05) is 0 Å². The quantitative estimate of drug-likeness (QED) is 0.0347. The number of nitrogens with two attached hydrogens (primary N) is 1. The van der Waals surface area contributed by atoms with Crippen LogP contribution < -0.4 is 46.2 Å². The maximum absolute atomic E-state index is 14.4. The standard InChI is InChI=1S/C52H60N8O13/c1-30(2)47(57-44(62)11-7-6-8-19-59-45(63)16-17-46(59)64)39(61)22-32(10-9-18-54-51(53)67)49(65)56-33-14-12-31(13-15-33)28-71-52(68)58(3)20-21-60-48-36-25-42-43(73-29-72-42)26-38(36)55-27-37(48)34-23-40(69-4)41(70-5)24-35(34)50(60)66/h12-17,23-27,30,32,47H,6-11,18-22,28-29H2,1-5H3,(H,56,65)(H,57,62)(H3,53,54,67)/t32-,47+/m1/s1. The summed E-state index contributed by atoms with van der Waals surface area (Å²) in [6, 6.07) is 12.0. The molecule has 21 heteroatoms. The summed E-state index contributed by atoms with van der Waals surface area (Å²) < 4.78 is 29.6. The first-order chi connectivity index (χ1) is 35.1. The lowest BCUT2D eigenvalue weighted by Crippen LogP contribution is -2.45. The van der Waals surface area contributed by atoms with Gasteiger partial charge in [0.2, 0.25) is 18.6 Å². The Balaban J connectivity index is 0.956. The highest BCUT2D eigenvalue weighted by atomic mass is 16.7. The second-order valence-electron chi connectivity index (χ2n) is 18.2. The number of anilines is 1. The summed E-state index contributed by atoms with van der Waals surface area (Å²) in [5.41, 5.74) is 7.11. The van der Waals surface area contributed by atoms with E-state index in [4.69, 9.17) is 34.4 Å². The Morgan fingerprint density at radius 3 is 2.19 bits per heavy atom. The van der Waals surface area contributed by atoms with Gasteiger partial charge in [-0.3, -0.25) is 38.7 Å². The van der Waals surface area contributed by atoms with Crippen molar-refractivity contribution in [1.82, 2.24) is 30.0 Å². The molecule has 5 aromatic rings. The predicted molar refractivity (Wildman–Crippen MR) is 269 cm³/mol. The number of amides is 7. The number of imide groups is 1. The number of carbonyl (C=O) groups is 7. The SMILES string of the molecule is COc1cc2c(=O)n(CCN(C)C(=O)OCc3ccc(NC(=O)[C@H](CCCNC(N)=O)CC(=O)[C@@H](NC(=O)CCCCCN4C(=O)C=CC4=O)C(C)C)cc3)c3c4cc5c(cc4ncc3c2cc1OC)OCO5. The van der Waals surface area contributed by atoms with Crippen LogP contribution in [0.1, 0.15) is 64.4 Å². The first kappa shape index (κ1) is 52.6. The molecule has 0 saturated heterocycles. The van der Waals surface area contributed by atoms with Gasteiger partial charge in [-0.1, -0.05) is 32.4 Å². The van der Waals surface area contributed by atoms with Crippen molar-refractivity contribution in [3.8, 4) is 23.0 Å². The largest absolute Gasteiger partial charge is 0.493 e. The number of primary amides is 1. The minimum atomic E-state index is -0.862. The number of methoxy groups -OCH3 is 2. The lowest BCUT2D eigenvalue weighted by molar-refractivity contribution is -0.137. The van der Waals surface area contributed by atoms with Crippen molar-refractivity contribution < 1.29 is 57.2 Å². The van der Waals surface area contributed by atoms with Gasteiger partial charge in [-0.2, -0.15) is 0 Å². The van der Waals surface area contributed by atoms with Gasteiger partial charge < -0.3 is 54.8 Å². The van der Waals surface area contributed by atoms with Crippen LogP contribution in [-0.4, -0.2) is 115 Å². The number of Topliss-reactive ketones (excluding diaryl/α,β-unsaturated/α-hetero) is 1. The van der Waals surface area contributed by atoms with Crippen LogP contribution in [0.3, 0.4) is 0 Å². The van der Waals surface area contributed by atoms with E-state index in [-0.39, 0.29) is 93.8 Å². The number of urea groups is 1. The number of nitrogens with one attached hydrogen (secondary N) is 3. The van der Waals surface area contributed by atoms with Crippen LogP contribution in [-0.2, 0) is 41.9 Å². The molecule has 5 N–H and O–H groups in total. The molecule has 386 valence electrons. The zero-order valence-electron chi connectivity index (χ0n) is 41.4. The molecule has 0 aliphatic carbocycles. The van der Waals surface area contributed by atoms with Crippen LogP contribution in [0.25, 0.3) is 32.6 Å². The fourth-order valence-electron chi connectivity index (χ4n) is 8.82. The van der Waals surface area contributed by atoms with Crippen LogP contribution in [0.15, 0.2) is 71.7 Å². The van der Waals surface area contributed by atoms with E-state index >= 15 is 0 Å². The average Bonchev–Trinajstić information content (AvgIpc) is 3.97. The molecule has 3 aromatic carbocycles. The number of carbonyl (C=O) groups excluding carboxylic acids is 7. The normalized spacial score (nSPS) is 13.6. The van der Waals surface area contributed by atoms with E-state index in [1.165, 1.54) is 31.3 Å². The molecule has 21 nitrogen and oxygen atoms in total. The number of fused-ring (bicyclic) bond motifs is 6. The van der Waals surface area contributed by atoms with E-state index in [2.05, 4.69) is 16.0 Å². The second kappa shape index (κ2) is 23.8. The summed E-state index contributed by atoms with van der Waals surface area (Å²) in [5.74, 6) is -1.05. The molecule has 0 spiro atoms. The monoisotopic (exact) mass is 1000 g/mol. The summed E-state index contributed by atoms with van der Waals surface area (Å²) >= 11 is 0. The molecule has 2 aliphatic rings. The van der Waals surface area contributed by atoms with Crippen LogP contribution >= 0.6 is 0 Å². The zero-order chi connectivity index (χ0) is 52.3. The molecule has 0 radical (unpaired) electrons. The third kappa shape index (κ3) is 12.6. The molecule has 2 atom stereocenters. The van der Waals surface area contributed by atoms with Gasteiger partial charge >= 0.3 is 12.1 Å².